The zero-order valence-corrected chi connectivity index (χ0v) is 11.0. The Kier molecular flexibility index (Phi) is 5.35. The lowest BCUT2D eigenvalue weighted by Crippen LogP contribution is -2.11. The van der Waals surface area contributed by atoms with Crippen LogP contribution in [-0.2, 0) is 5.75 Å². The molecule has 0 saturated carbocycles. The molecular weight excluding hydrogens is 252 g/mol. The van der Waals surface area contributed by atoms with Gasteiger partial charge in [-0.15, -0.1) is 5.10 Å². The Balaban J connectivity index is 2.44. The summed E-state index contributed by atoms with van der Waals surface area (Å²) in [5.74, 6) is 0.626. The van der Waals surface area contributed by atoms with E-state index in [1.54, 1.807) is 0 Å². The Morgan fingerprint density at radius 3 is 3.00 bits per heavy atom. The first kappa shape index (κ1) is 12.7. The summed E-state index contributed by atoms with van der Waals surface area (Å²) in [5, 5.41) is 4.47. The second kappa shape index (κ2) is 6.30. The molecule has 7 heteroatoms. The number of nitrogens with zero attached hydrogens (tertiary/aromatic N) is 3. The highest BCUT2D eigenvalue weighted by Crippen LogP contribution is 2.22. The summed E-state index contributed by atoms with van der Waals surface area (Å²) >= 11 is 8.48. The molecule has 1 heterocycles. The van der Waals surface area contributed by atoms with Crippen LogP contribution in [0, 0.1) is 0 Å². The minimum absolute atomic E-state index is 0.265. The number of aromatic nitrogens is 2. The molecule has 1 aromatic heterocycles. The molecule has 0 bridgehead atoms. The number of nitrogens with two attached hydrogens (primary N) is 1. The van der Waals surface area contributed by atoms with E-state index in [0.717, 1.165) is 12.1 Å². The topological polar surface area (TPSA) is 64.2 Å². The van der Waals surface area contributed by atoms with Crippen LogP contribution in [0.2, 0.25) is 4.34 Å². The lowest BCUT2D eigenvalue weighted by atomic mass is 10.3. The van der Waals surface area contributed by atoms with Crippen molar-refractivity contribution in [1.82, 2.24) is 9.59 Å². The Bertz CT molecular complexity index is 339. The van der Waals surface area contributed by atoms with E-state index < -0.39 is 0 Å². The van der Waals surface area contributed by atoms with Gasteiger partial charge in [0, 0.05) is 23.3 Å². The van der Waals surface area contributed by atoms with Gasteiger partial charge in [-0.3, -0.25) is 4.99 Å². The predicted molar refractivity (Wildman–Crippen MR) is 67.6 cm³/mol. The Hall–Kier alpha value is -0.330. The van der Waals surface area contributed by atoms with Crippen molar-refractivity contribution >= 4 is 40.1 Å². The van der Waals surface area contributed by atoms with E-state index >= 15 is 0 Å². The largest absolute Gasteiger partial charge is 0.379 e. The van der Waals surface area contributed by atoms with Gasteiger partial charge in [0.25, 0.3) is 0 Å². The van der Waals surface area contributed by atoms with Gasteiger partial charge in [0.05, 0.1) is 0 Å². The maximum atomic E-state index is 5.86. The minimum Gasteiger partial charge on any atom is -0.379 e. The molecule has 1 atom stereocenters. The predicted octanol–water partition coefficient (Wildman–Crippen LogP) is 2.54. The average Bonchev–Trinajstić information content (AvgIpc) is 2.61. The van der Waals surface area contributed by atoms with Crippen LogP contribution < -0.4 is 5.73 Å². The number of thioether (sulfide) groups is 1. The van der Waals surface area contributed by atoms with E-state index in [4.69, 9.17) is 17.3 Å². The molecule has 4 nitrogen and oxygen atoms in total. The van der Waals surface area contributed by atoms with Gasteiger partial charge in [0.1, 0.15) is 10.0 Å². The lowest BCUT2D eigenvalue weighted by Gasteiger charge is -2.03. The molecule has 15 heavy (non-hydrogen) atoms. The Morgan fingerprint density at radius 1 is 1.73 bits per heavy atom. The number of hydrogen-bond donors (Lipinski definition) is 1. The molecular formula is C8H13ClN4S2. The van der Waals surface area contributed by atoms with Crippen LogP contribution in [0.25, 0.3) is 0 Å². The van der Waals surface area contributed by atoms with Crippen molar-refractivity contribution in [2.24, 2.45) is 10.7 Å². The molecule has 0 aliphatic heterocycles. The van der Waals surface area contributed by atoms with Crippen molar-refractivity contribution in [2.45, 2.75) is 32.1 Å². The standard InChI is InChI=1S/C8H13ClN4S2/c1-3-5(2)11-8(10)14-4-6-7(9)15-13-12-6/h5H,3-4H2,1-2H3,(H2,10,11). The zero-order chi connectivity index (χ0) is 11.3. The summed E-state index contributed by atoms with van der Waals surface area (Å²) in [4.78, 5) is 4.29. The molecule has 0 fully saturated rings. The first-order valence-corrected chi connectivity index (χ1v) is 6.70. The highest BCUT2D eigenvalue weighted by molar-refractivity contribution is 8.13. The smallest absolute Gasteiger partial charge is 0.154 e. The maximum absolute atomic E-state index is 5.86. The third kappa shape index (κ3) is 4.36. The molecule has 1 aromatic rings. The third-order valence-electron chi connectivity index (χ3n) is 1.80. The van der Waals surface area contributed by atoms with E-state index in [-0.39, 0.29) is 6.04 Å². The van der Waals surface area contributed by atoms with Crippen LogP contribution in [-0.4, -0.2) is 20.8 Å². The molecule has 0 saturated heterocycles. The molecule has 2 N–H and O–H groups in total. The first-order chi connectivity index (χ1) is 7.13. The fraction of sp³-hybridized carbons (Fsp3) is 0.625. The first-order valence-electron chi connectivity index (χ1n) is 4.56. The number of aliphatic imine (C=N–C) groups is 1. The Labute approximate surface area is 102 Å². The summed E-state index contributed by atoms with van der Waals surface area (Å²) in [7, 11) is 0. The van der Waals surface area contributed by atoms with E-state index in [1.807, 2.05) is 6.92 Å². The van der Waals surface area contributed by atoms with Crippen LogP contribution in [0.3, 0.4) is 0 Å². The van der Waals surface area contributed by atoms with Crippen LogP contribution in [0.1, 0.15) is 26.0 Å². The van der Waals surface area contributed by atoms with Crippen molar-refractivity contribution in [3.05, 3.63) is 10.0 Å². The highest BCUT2D eigenvalue weighted by atomic mass is 35.5. The molecule has 84 valence electrons. The highest BCUT2D eigenvalue weighted by Gasteiger charge is 2.06. The van der Waals surface area contributed by atoms with Gasteiger partial charge in [0.2, 0.25) is 0 Å². The van der Waals surface area contributed by atoms with E-state index in [2.05, 4.69) is 21.5 Å². The summed E-state index contributed by atoms with van der Waals surface area (Å²) < 4.78 is 4.37. The van der Waals surface area contributed by atoms with Crippen molar-refractivity contribution in [3.8, 4) is 0 Å². The molecule has 0 amide bonds. The van der Waals surface area contributed by atoms with Gasteiger partial charge in [-0.2, -0.15) is 0 Å². The van der Waals surface area contributed by atoms with Gasteiger partial charge < -0.3 is 5.73 Å². The minimum atomic E-state index is 0.265. The zero-order valence-electron chi connectivity index (χ0n) is 8.61. The van der Waals surface area contributed by atoms with E-state index in [0.29, 0.717) is 15.3 Å². The van der Waals surface area contributed by atoms with Crippen molar-refractivity contribution < 1.29 is 0 Å². The average molecular weight is 265 g/mol. The number of rotatable bonds is 4. The molecule has 1 rings (SSSR count). The van der Waals surface area contributed by atoms with Crippen molar-refractivity contribution in [1.29, 1.82) is 0 Å². The van der Waals surface area contributed by atoms with Crippen LogP contribution in [0.15, 0.2) is 4.99 Å². The van der Waals surface area contributed by atoms with Crippen LogP contribution >= 0.6 is 34.9 Å². The summed E-state index contributed by atoms with van der Waals surface area (Å²) in [6.07, 6.45) is 0.986. The van der Waals surface area contributed by atoms with Crippen molar-refractivity contribution in [3.63, 3.8) is 0 Å². The van der Waals surface area contributed by atoms with Gasteiger partial charge in [-0.05, 0) is 13.3 Å². The van der Waals surface area contributed by atoms with E-state index in [9.17, 15) is 0 Å². The summed E-state index contributed by atoms with van der Waals surface area (Å²) in [6.45, 7) is 4.11. The normalized spacial score (nSPS) is 14.2. The van der Waals surface area contributed by atoms with Gasteiger partial charge in [-0.25, -0.2) is 0 Å². The van der Waals surface area contributed by atoms with Gasteiger partial charge in [0.15, 0.2) is 5.17 Å². The molecule has 1 unspecified atom stereocenters. The van der Waals surface area contributed by atoms with Crippen molar-refractivity contribution in [2.75, 3.05) is 0 Å². The molecule has 0 radical (unpaired) electrons. The Morgan fingerprint density at radius 2 is 2.47 bits per heavy atom. The number of amidine groups is 1. The number of hydrogen-bond acceptors (Lipinski definition) is 5. The SMILES string of the molecule is CCC(C)N=C(N)SCc1nnsc1Cl. The summed E-state index contributed by atoms with van der Waals surface area (Å²) in [5.41, 5.74) is 6.51. The fourth-order valence-corrected chi connectivity index (χ4v) is 2.31. The molecule has 0 aromatic carbocycles. The molecule has 0 aliphatic carbocycles. The van der Waals surface area contributed by atoms with Crippen LogP contribution in [0.5, 0.6) is 0 Å². The fourth-order valence-electron chi connectivity index (χ4n) is 0.771. The second-order valence-electron chi connectivity index (χ2n) is 3.01. The van der Waals surface area contributed by atoms with Gasteiger partial charge >= 0.3 is 0 Å². The second-order valence-corrected chi connectivity index (χ2v) is 5.36. The molecule has 0 spiro atoms. The number of halogens is 1. The quantitative estimate of drug-likeness (QED) is 0.671. The lowest BCUT2D eigenvalue weighted by molar-refractivity contribution is 0.718. The molecule has 0 aliphatic rings. The monoisotopic (exact) mass is 264 g/mol. The van der Waals surface area contributed by atoms with E-state index in [1.165, 1.54) is 23.3 Å². The van der Waals surface area contributed by atoms with Gasteiger partial charge in [-0.1, -0.05) is 34.8 Å². The maximum Gasteiger partial charge on any atom is 0.154 e. The van der Waals surface area contributed by atoms with Crippen LogP contribution in [0.4, 0.5) is 0 Å². The summed E-state index contributed by atoms with van der Waals surface area (Å²) in [6, 6.07) is 0.265. The third-order valence-corrected chi connectivity index (χ3v) is 3.61.